The summed E-state index contributed by atoms with van der Waals surface area (Å²) in [5, 5.41) is 12.1. The Morgan fingerprint density at radius 2 is 1.72 bits per heavy atom. The summed E-state index contributed by atoms with van der Waals surface area (Å²) in [6.45, 7) is 3.10. The van der Waals surface area contributed by atoms with Crippen LogP contribution in [-0.4, -0.2) is 38.2 Å². The van der Waals surface area contributed by atoms with Crippen LogP contribution in [0.15, 0.2) is 71.6 Å². The number of aryl methyl sites for hydroxylation is 1. The maximum atomic E-state index is 13.6. The van der Waals surface area contributed by atoms with Crippen LogP contribution in [-0.2, 0) is 14.8 Å². The smallest absolute Gasteiger partial charge is 0.264 e. The van der Waals surface area contributed by atoms with E-state index in [0.717, 1.165) is 15.4 Å². The maximum Gasteiger partial charge on any atom is 0.264 e. The summed E-state index contributed by atoms with van der Waals surface area (Å²) in [5.74, 6) is 0.144. The van der Waals surface area contributed by atoms with E-state index in [1.165, 1.54) is 23.5 Å². The van der Waals surface area contributed by atoms with E-state index in [0.29, 0.717) is 27.0 Å². The average Bonchev–Trinajstić information content (AvgIpc) is 3.33. The summed E-state index contributed by atoms with van der Waals surface area (Å²) in [6, 6.07) is 18.6. The molecule has 0 spiro atoms. The van der Waals surface area contributed by atoms with E-state index >= 15 is 0 Å². The standard InChI is InChI=1S/C25H23ClN4O4S2/c1-16-7-13-20(14-8-16)36(32,33)30(22-6-4-5-21(26)17(22)2)15-23(31)27-25-29-28-24(35-25)18-9-11-19(34-3)12-10-18/h4-14H,15H2,1-3H3,(H,27,29,31). The molecule has 0 atom stereocenters. The van der Waals surface area contributed by atoms with Gasteiger partial charge in [-0.15, -0.1) is 10.2 Å². The molecule has 0 unspecified atom stereocenters. The molecule has 0 saturated carbocycles. The van der Waals surface area contributed by atoms with Gasteiger partial charge < -0.3 is 4.74 Å². The summed E-state index contributed by atoms with van der Waals surface area (Å²) in [5.41, 5.74) is 2.59. The van der Waals surface area contributed by atoms with Gasteiger partial charge in [-0.25, -0.2) is 8.42 Å². The molecule has 36 heavy (non-hydrogen) atoms. The molecule has 1 amide bonds. The van der Waals surface area contributed by atoms with Crippen molar-refractivity contribution in [1.82, 2.24) is 10.2 Å². The third-order valence-corrected chi connectivity index (χ3v) is 8.48. The minimum absolute atomic E-state index is 0.0676. The fourth-order valence-electron chi connectivity index (χ4n) is 3.42. The third kappa shape index (κ3) is 5.51. The average molecular weight is 543 g/mol. The van der Waals surface area contributed by atoms with E-state index in [2.05, 4.69) is 15.5 Å². The molecule has 11 heteroatoms. The fraction of sp³-hybridized carbons (Fsp3) is 0.160. The van der Waals surface area contributed by atoms with E-state index < -0.39 is 22.5 Å². The van der Waals surface area contributed by atoms with Gasteiger partial charge in [0.2, 0.25) is 11.0 Å². The van der Waals surface area contributed by atoms with E-state index in [1.54, 1.807) is 56.5 Å². The first-order chi connectivity index (χ1) is 17.2. The Labute approximate surface area is 218 Å². The van der Waals surface area contributed by atoms with Crippen molar-refractivity contribution >= 4 is 49.7 Å². The number of carbonyl (C=O) groups is 1. The molecule has 186 valence electrons. The Morgan fingerprint density at radius 3 is 2.39 bits per heavy atom. The molecule has 0 saturated heterocycles. The van der Waals surface area contributed by atoms with Gasteiger partial charge >= 0.3 is 0 Å². The van der Waals surface area contributed by atoms with Gasteiger partial charge in [0.25, 0.3) is 10.0 Å². The number of rotatable bonds is 8. The van der Waals surface area contributed by atoms with Crippen LogP contribution >= 0.6 is 22.9 Å². The van der Waals surface area contributed by atoms with Crippen LogP contribution in [0.3, 0.4) is 0 Å². The zero-order valence-corrected chi connectivity index (χ0v) is 22.1. The number of halogens is 1. The number of sulfonamides is 1. The molecule has 0 aliphatic carbocycles. The lowest BCUT2D eigenvalue weighted by atomic mass is 10.2. The van der Waals surface area contributed by atoms with Gasteiger partial charge in [0, 0.05) is 10.6 Å². The second-order valence-electron chi connectivity index (χ2n) is 7.90. The minimum Gasteiger partial charge on any atom is -0.497 e. The summed E-state index contributed by atoms with van der Waals surface area (Å²) >= 11 is 7.45. The second kappa shape index (κ2) is 10.7. The van der Waals surface area contributed by atoms with Crippen LogP contribution in [0.5, 0.6) is 5.75 Å². The summed E-state index contributed by atoms with van der Waals surface area (Å²) in [7, 11) is -2.49. The first-order valence-corrected chi connectivity index (χ1v) is 13.4. The molecular formula is C25H23ClN4O4S2. The molecule has 1 N–H and O–H groups in total. The molecule has 0 aliphatic rings. The number of amides is 1. The van der Waals surface area contributed by atoms with Crippen LogP contribution in [0, 0.1) is 13.8 Å². The number of nitrogens with zero attached hydrogens (tertiary/aromatic N) is 3. The Hall–Kier alpha value is -3.47. The van der Waals surface area contributed by atoms with Crippen molar-refractivity contribution in [3.63, 3.8) is 0 Å². The highest BCUT2D eigenvalue weighted by Crippen LogP contribution is 2.32. The lowest BCUT2D eigenvalue weighted by molar-refractivity contribution is -0.114. The number of aromatic nitrogens is 2. The van der Waals surface area contributed by atoms with Crippen LogP contribution in [0.2, 0.25) is 5.02 Å². The van der Waals surface area contributed by atoms with Crippen molar-refractivity contribution in [2.24, 2.45) is 0 Å². The lowest BCUT2D eigenvalue weighted by Crippen LogP contribution is -2.38. The van der Waals surface area contributed by atoms with Gasteiger partial charge in [0.05, 0.1) is 17.7 Å². The fourth-order valence-corrected chi connectivity index (χ4v) is 5.83. The summed E-state index contributed by atoms with van der Waals surface area (Å²) in [6.07, 6.45) is 0. The molecule has 0 aliphatic heterocycles. The zero-order chi connectivity index (χ0) is 25.9. The van der Waals surface area contributed by atoms with Crippen LogP contribution in [0.1, 0.15) is 11.1 Å². The SMILES string of the molecule is COc1ccc(-c2nnc(NC(=O)CN(c3cccc(Cl)c3C)S(=O)(=O)c3ccc(C)cc3)s2)cc1. The van der Waals surface area contributed by atoms with E-state index in [9.17, 15) is 13.2 Å². The van der Waals surface area contributed by atoms with Gasteiger partial charge in [-0.05, 0) is 67.9 Å². The molecule has 0 radical (unpaired) electrons. The topological polar surface area (TPSA) is 101 Å². The van der Waals surface area contributed by atoms with Crippen molar-refractivity contribution < 1.29 is 17.9 Å². The predicted octanol–water partition coefficient (Wildman–Crippen LogP) is 5.32. The molecule has 4 rings (SSSR count). The quantitative estimate of drug-likeness (QED) is 0.323. The molecule has 0 fully saturated rings. The van der Waals surface area contributed by atoms with Gasteiger partial charge in [-0.1, -0.05) is 46.7 Å². The zero-order valence-electron chi connectivity index (χ0n) is 19.7. The number of hydrogen-bond donors (Lipinski definition) is 1. The van der Waals surface area contributed by atoms with Gasteiger partial charge in [0.15, 0.2) is 0 Å². The van der Waals surface area contributed by atoms with Crippen LogP contribution < -0.4 is 14.4 Å². The molecule has 3 aromatic carbocycles. The van der Waals surface area contributed by atoms with Crippen molar-refractivity contribution in [3.05, 3.63) is 82.9 Å². The molecular weight excluding hydrogens is 520 g/mol. The number of methoxy groups -OCH3 is 1. The maximum absolute atomic E-state index is 13.6. The summed E-state index contributed by atoms with van der Waals surface area (Å²) < 4.78 is 33.4. The van der Waals surface area contributed by atoms with Crippen LogP contribution in [0.25, 0.3) is 10.6 Å². The predicted molar refractivity (Wildman–Crippen MR) is 142 cm³/mol. The molecule has 1 heterocycles. The van der Waals surface area contributed by atoms with Gasteiger partial charge in [0.1, 0.15) is 17.3 Å². The van der Waals surface area contributed by atoms with Gasteiger partial charge in [-0.3, -0.25) is 14.4 Å². The Kier molecular flexibility index (Phi) is 7.58. The first-order valence-electron chi connectivity index (χ1n) is 10.8. The number of anilines is 2. The number of carbonyl (C=O) groups excluding carboxylic acids is 1. The number of hydrogen-bond acceptors (Lipinski definition) is 7. The molecule has 1 aromatic heterocycles. The Bertz CT molecular complexity index is 1490. The minimum atomic E-state index is -4.07. The van der Waals surface area contributed by atoms with Crippen LogP contribution in [0.4, 0.5) is 10.8 Å². The second-order valence-corrected chi connectivity index (χ2v) is 11.1. The number of benzene rings is 3. The highest BCUT2D eigenvalue weighted by Gasteiger charge is 2.29. The number of ether oxygens (including phenoxy) is 1. The van der Waals surface area contributed by atoms with E-state index in [-0.39, 0.29) is 10.0 Å². The van der Waals surface area contributed by atoms with Crippen molar-refractivity contribution in [2.75, 3.05) is 23.3 Å². The highest BCUT2D eigenvalue weighted by molar-refractivity contribution is 7.92. The Morgan fingerprint density at radius 1 is 1.03 bits per heavy atom. The highest BCUT2D eigenvalue weighted by atomic mass is 35.5. The molecule has 4 aromatic rings. The normalized spacial score (nSPS) is 11.2. The third-order valence-electron chi connectivity index (χ3n) is 5.41. The number of nitrogens with one attached hydrogen (secondary N) is 1. The van der Waals surface area contributed by atoms with Crippen molar-refractivity contribution in [1.29, 1.82) is 0 Å². The molecule has 8 nitrogen and oxygen atoms in total. The van der Waals surface area contributed by atoms with Crippen molar-refractivity contribution in [3.8, 4) is 16.3 Å². The lowest BCUT2D eigenvalue weighted by Gasteiger charge is -2.25. The first kappa shape index (κ1) is 25.6. The monoisotopic (exact) mass is 542 g/mol. The van der Waals surface area contributed by atoms with E-state index in [4.69, 9.17) is 16.3 Å². The summed E-state index contributed by atoms with van der Waals surface area (Å²) in [4.78, 5) is 13.1. The van der Waals surface area contributed by atoms with Gasteiger partial charge in [-0.2, -0.15) is 0 Å². The Balaban J connectivity index is 1.60. The van der Waals surface area contributed by atoms with Crippen molar-refractivity contribution in [2.45, 2.75) is 18.7 Å². The van der Waals surface area contributed by atoms with E-state index in [1.807, 2.05) is 19.1 Å². The molecule has 0 bridgehead atoms. The largest absolute Gasteiger partial charge is 0.497 e.